The summed E-state index contributed by atoms with van der Waals surface area (Å²) in [6.45, 7) is 2.69. The molecule has 0 aliphatic carbocycles. The Kier molecular flexibility index (Phi) is 4.39. The van der Waals surface area contributed by atoms with Crippen LogP contribution in [0, 0.1) is 5.92 Å². The Morgan fingerprint density at radius 3 is 2.52 bits per heavy atom. The van der Waals surface area contributed by atoms with Gasteiger partial charge in [-0.15, -0.1) is 0 Å². The van der Waals surface area contributed by atoms with Crippen molar-refractivity contribution in [1.29, 1.82) is 0 Å². The minimum Gasteiger partial charge on any atom is -0.481 e. The molecule has 1 atom stereocenters. The number of rotatable bonds is 4. The summed E-state index contributed by atoms with van der Waals surface area (Å²) in [4.78, 5) is 27.7. The fourth-order valence-electron chi connectivity index (χ4n) is 4.08. The lowest BCUT2D eigenvalue weighted by Gasteiger charge is -2.45. The van der Waals surface area contributed by atoms with Gasteiger partial charge in [0.2, 0.25) is 5.91 Å². The minimum atomic E-state index is -0.833. The third-order valence-electron chi connectivity index (χ3n) is 5.65. The number of carboxylic acids is 1. The number of nitrogens with zero attached hydrogens (tertiary/aromatic N) is 2. The monoisotopic (exact) mass is 316 g/mol. The number of amides is 1. The molecule has 2 fully saturated rings. The van der Waals surface area contributed by atoms with Crippen LogP contribution in [0.4, 0.5) is 0 Å². The summed E-state index contributed by atoms with van der Waals surface area (Å²) in [7, 11) is 1.77. The zero-order valence-corrected chi connectivity index (χ0v) is 13.6. The van der Waals surface area contributed by atoms with Crippen molar-refractivity contribution in [3.63, 3.8) is 0 Å². The standard InChI is InChI=1S/C18H24N2O3/c1-19-16(21)13-15(17(22)23)18(19)8-11-20(12-9-18)10-7-14-5-3-2-4-6-14/h2-6,15H,7-13H2,1H3,(H,22,23). The third-order valence-corrected chi connectivity index (χ3v) is 5.65. The number of hydrogen-bond acceptors (Lipinski definition) is 3. The second-order valence-electron chi connectivity index (χ2n) is 6.73. The molecule has 2 saturated heterocycles. The van der Waals surface area contributed by atoms with Crippen molar-refractivity contribution in [3.05, 3.63) is 35.9 Å². The molecular weight excluding hydrogens is 292 g/mol. The zero-order valence-electron chi connectivity index (χ0n) is 13.6. The molecule has 0 saturated carbocycles. The highest BCUT2D eigenvalue weighted by molar-refractivity contribution is 5.88. The van der Waals surface area contributed by atoms with Gasteiger partial charge in [-0.1, -0.05) is 30.3 Å². The van der Waals surface area contributed by atoms with Crippen LogP contribution in [0.1, 0.15) is 24.8 Å². The van der Waals surface area contributed by atoms with Gasteiger partial charge in [0.05, 0.1) is 11.5 Å². The van der Waals surface area contributed by atoms with Crippen molar-refractivity contribution in [2.75, 3.05) is 26.7 Å². The van der Waals surface area contributed by atoms with Gasteiger partial charge in [-0.3, -0.25) is 9.59 Å². The molecule has 1 spiro atoms. The van der Waals surface area contributed by atoms with Gasteiger partial charge in [0, 0.05) is 33.1 Å². The molecule has 2 heterocycles. The average Bonchev–Trinajstić information content (AvgIpc) is 2.81. The molecule has 0 aromatic heterocycles. The molecule has 3 rings (SSSR count). The number of carboxylic acid groups (broad SMARTS) is 1. The fraction of sp³-hybridized carbons (Fsp3) is 0.556. The number of carbonyl (C=O) groups is 2. The fourth-order valence-corrected chi connectivity index (χ4v) is 4.08. The van der Waals surface area contributed by atoms with Gasteiger partial charge < -0.3 is 14.9 Å². The van der Waals surface area contributed by atoms with Crippen molar-refractivity contribution in [1.82, 2.24) is 9.80 Å². The van der Waals surface area contributed by atoms with Gasteiger partial charge in [-0.05, 0) is 24.8 Å². The van der Waals surface area contributed by atoms with E-state index >= 15 is 0 Å². The van der Waals surface area contributed by atoms with E-state index in [2.05, 4.69) is 29.2 Å². The summed E-state index contributed by atoms with van der Waals surface area (Å²) < 4.78 is 0. The predicted octanol–water partition coefficient (Wildman–Crippen LogP) is 1.63. The van der Waals surface area contributed by atoms with Gasteiger partial charge in [0.1, 0.15) is 0 Å². The van der Waals surface area contributed by atoms with Crippen LogP contribution in [0.2, 0.25) is 0 Å². The van der Waals surface area contributed by atoms with Crippen LogP contribution in [0.3, 0.4) is 0 Å². The van der Waals surface area contributed by atoms with Gasteiger partial charge in [0.15, 0.2) is 0 Å². The van der Waals surface area contributed by atoms with Gasteiger partial charge >= 0.3 is 5.97 Å². The molecule has 1 N–H and O–H groups in total. The van der Waals surface area contributed by atoms with E-state index in [0.29, 0.717) is 0 Å². The maximum absolute atomic E-state index is 12.0. The van der Waals surface area contributed by atoms with Crippen LogP contribution >= 0.6 is 0 Å². The normalized spacial score (nSPS) is 24.3. The Morgan fingerprint density at radius 2 is 1.91 bits per heavy atom. The van der Waals surface area contributed by atoms with E-state index in [0.717, 1.165) is 38.9 Å². The molecule has 2 aliphatic heterocycles. The highest BCUT2D eigenvalue weighted by Gasteiger charge is 2.55. The highest BCUT2D eigenvalue weighted by Crippen LogP contribution is 2.42. The second kappa shape index (κ2) is 6.32. The number of piperidine rings is 1. The third kappa shape index (κ3) is 2.98. The maximum atomic E-state index is 12.0. The number of benzene rings is 1. The number of aliphatic carboxylic acids is 1. The predicted molar refractivity (Wildman–Crippen MR) is 87.1 cm³/mol. The van der Waals surface area contributed by atoms with Crippen LogP contribution < -0.4 is 0 Å². The smallest absolute Gasteiger partial charge is 0.309 e. The van der Waals surface area contributed by atoms with Gasteiger partial charge in [-0.2, -0.15) is 0 Å². The summed E-state index contributed by atoms with van der Waals surface area (Å²) >= 11 is 0. The summed E-state index contributed by atoms with van der Waals surface area (Å²) in [5.74, 6) is -1.42. The van der Waals surface area contributed by atoms with E-state index in [4.69, 9.17) is 0 Å². The van der Waals surface area contributed by atoms with Crippen LogP contribution in [-0.4, -0.2) is 59.0 Å². The number of likely N-dealkylation sites (tertiary alicyclic amines) is 2. The van der Waals surface area contributed by atoms with E-state index < -0.39 is 17.4 Å². The molecule has 1 aromatic carbocycles. The van der Waals surface area contributed by atoms with E-state index in [9.17, 15) is 14.7 Å². The molecule has 1 aromatic rings. The molecule has 0 radical (unpaired) electrons. The Hall–Kier alpha value is -1.88. The quantitative estimate of drug-likeness (QED) is 0.917. The molecule has 2 aliphatic rings. The Balaban J connectivity index is 1.61. The Morgan fingerprint density at radius 1 is 1.26 bits per heavy atom. The van der Waals surface area contributed by atoms with E-state index in [1.807, 2.05) is 6.07 Å². The number of hydrogen-bond donors (Lipinski definition) is 1. The lowest BCUT2D eigenvalue weighted by molar-refractivity contribution is -0.146. The topological polar surface area (TPSA) is 60.9 Å². The van der Waals surface area contributed by atoms with Crippen molar-refractivity contribution >= 4 is 11.9 Å². The Labute approximate surface area is 136 Å². The molecular formula is C18H24N2O3. The van der Waals surface area contributed by atoms with Gasteiger partial charge in [-0.25, -0.2) is 0 Å². The molecule has 1 amide bonds. The first-order chi connectivity index (χ1) is 11.0. The SMILES string of the molecule is CN1C(=O)CC(C(=O)O)C12CCN(CCc1ccccc1)CC2. The second-order valence-corrected chi connectivity index (χ2v) is 6.73. The first-order valence-corrected chi connectivity index (χ1v) is 8.29. The zero-order chi connectivity index (χ0) is 16.4. The first kappa shape index (κ1) is 16.0. The van der Waals surface area contributed by atoms with Crippen molar-refractivity contribution < 1.29 is 14.7 Å². The van der Waals surface area contributed by atoms with E-state index in [1.165, 1.54) is 5.56 Å². The Bertz CT molecular complexity index is 579. The molecule has 1 unspecified atom stereocenters. The molecule has 5 heteroatoms. The molecule has 124 valence electrons. The molecule has 0 bridgehead atoms. The van der Waals surface area contributed by atoms with Crippen LogP contribution in [-0.2, 0) is 16.0 Å². The largest absolute Gasteiger partial charge is 0.481 e. The first-order valence-electron chi connectivity index (χ1n) is 8.29. The minimum absolute atomic E-state index is 0.0323. The summed E-state index contributed by atoms with van der Waals surface area (Å²) in [5.41, 5.74) is 0.843. The maximum Gasteiger partial charge on any atom is 0.309 e. The van der Waals surface area contributed by atoms with Crippen molar-refractivity contribution in [2.45, 2.75) is 31.2 Å². The summed E-state index contributed by atoms with van der Waals surface area (Å²) in [6.07, 6.45) is 2.66. The van der Waals surface area contributed by atoms with Crippen LogP contribution in [0.5, 0.6) is 0 Å². The molecule has 23 heavy (non-hydrogen) atoms. The van der Waals surface area contributed by atoms with Gasteiger partial charge in [0.25, 0.3) is 0 Å². The highest BCUT2D eigenvalue weighted by atomic mass is 16.4. The summed E-state index contributed by atoms with van der Waals surface area (Å²) in [6, 6.07) is 10.4. The average molecular weight is 316 g/mol. The van der Waals surface area contributed by atoms with E-state index in [-0.39, 0.29) is 12.3 Å². The molecule has 5 nitrogen and oxygen atoms in total. The summed E-state index contributed by atoms with van der Waals surface area (Å²) in [5, 5.41) is 9.49. The van der Waals surface area contributed by atoms with Crippen LogP contribution in [0.15, 0.2) is 30.3 Å². The number of carbonyl (C=O) groups excluding carboxylic acids is 1. The van der Waals surface area contributed by atoms with Crippen molar-refractivity contribution in [2.24, 2.45) is 5.92 Å². The van der Waals surface area contributed by atoms with E-state index in [1.54, 1.807) is 11.9 Å². The lowest BCUT2D eigenvalue weighted by Crippen LogP contribution is -2.56. The lowest BCUT2D eigenvalue weighted by atomic mass is 9.77. The van der Waals surface area contributed by atoms with Crippen LogP contribution in [0.25, 0.3) is 0 Å². The van der Waals surface area contributed by atoms with Crippen molar-refractivity contribution in [3.8, 4) is 0 Å².